The zero-order valence-corrected chi connectivity index (χ0v) is 23.8. The van der Waals surface area contributed by atoms with Gasteiger partial charge in [0.25, 0.3) is 5.91 Å². The van der Waals surface area contributed by atoms with Crippen molar-refractivity contribution in [2.45, 2.75) is 62.1 Å². The number of rotatable bonds is 6. The van der Waals surface area contributed by atoms with E-state index in [1.165, 1.54) is 24.3 Å². The summed E-state index contributed by atoms with van der Waals surface area (Å²) in [5, 5.41) is 3.33. The van der Waals surface area contributed by atoms with Crippen LogP contribution in [-0.2, 0) is 14.2 Å². The maximum atomic E-state index is 14.2. The maximum Gasteiger partial charge on any atom is 0.363 e. The third-order valence-electron chi connectivity index (χ3n) is 8.38. The van der Waals surface area contributed by atoms with E-state index in [1.807, 2.05) is 17.0 Å². The summed E-state index contributed by atoms with van der Waals surface area (Å²) in [6.45, 7) is 1.22. The molecule has 3 N–H and O–H groups in total. The summed E-state index contributed by atoms with van der Waals surface area (Å²) in [4.78, 5) is 66.6. The number of alkyl halides is 1. The number of benzene rings is 1. The van der Waals surface area contributed by atoms with Crippen molar-refractivity contribution >= 4 is 46.7 Å². The van der Waals surface area contributed by atoms with Gasteiger partial charge in [-0.15, -0.1) is 11.3 Å². The van der Waals surface area contributed by atoms with E-state index in [0.717, 1.165) is 36.2 Å². The van der Waals surface area contributed by atoms with Crippen molar-refractivity contribution in [3.63, 3.8) is 0 Å². The van der Waals surface area contributed by atoms with E-state index in [-0.39, 0.29) is 29.3 Å². The lowest BCUT2D eigenvalue weighted by atomic mass is 9.91. The van der Waals surface area contributed by atoms with E-state index in [9.17, 15) is 33.1 Å². The smallest absolute Gasteiger partial charge is 0.340 e. The number of hydrogen-bond donors (Lipinski definition) is 3. The molecule has 6 rings (SSSR count). The third-order valence-corrected chi connectivity index (χ3v) is 10.4. The Bertz CT molecular complexity index is 1540. The van der Waals surface area contributed by atoms with Crippen molar-refractivity contribution in [1.29, 1.82) is 0 Å². The second-order valence-electron chi connectivity index (χ2n) is 11.0. The summed E-state index contributed by atoms with van der Waals surface area (Å²) >= 11 is 1.15. The van der Waals surface area contributed by atoms with Gasteiger partial charge in [0.15, 0.2) is 0 Å². The third kappa shape index (κ3) is 5.41. The van der Waals surface area contributed by atoms with Gasteiger partial charge in [-0.2, -0.15) is 0 Å². The fourth-order valence-corrected chi connectivity index (χ4v) is 7.69. The largest absolute Gasteiger partial charge is 0.363 e. The number of amides is 3. The molecule has 0 aliphatic carbocycles. The van der Waals surface area contributed by atoms with Crippen LogP contribution >= 0.6 is 18.9 Å². The molecule has 5 heterocycles. The quantitative estimate of drug-likeness (QED) is 0.367. The summed E-state index contributed by atoms with van der Waals surface area (Å²) in [7, 11) is -4.96. The van der Waals surface area contributed by atoms with Crippen LogP contribution in [0.4, 0.5) is 4.39 Å². The van der Waals surface area contributed by atoms with E-state index in [1.54, 1.807) is 17.3 Å². The van der Waals surface area contributed by atoms with Crippen molar-refractivity contribution < 1.29 is 33.1 Å². The lowest BCUT2D eigenvalue weighted by Crippen LogP contribution is -2.58. The van der Waals surface area contributed by atoms with Crippen molar-refractivity contribution in [3.05, 3.63) is 64.8 Å². The Morgan fingerprint density at radius 3 is 2.56 bits per heavy atom. The van der Waals surface area contributed by atoms with Crippen LogP contribution in [0.3, 0.4) is 0 Å². The zero-order valence-electron chi connectivity index (χ0n) is 22.1. The molecule has 3 aliphatic heterocycles. The Balaban J connectivity index is 1.14. The van der Waals surface area contributed by atoms with Gasteiger partial charge in [-0.3, -0.25) is 23.9 Å². The SMILES string of the molecule is O=C(N[C@H]1CCC[C@H]2CC[C@@H](C(=O)N3CC(c4ccncc4)C3)N2C1=O)c1cc2cc(C(F)P(=O)(O)O)ccc2s1. The first-order valence-corrected chi connectivity index (χ1v) is 16.1. The molecule has 0 bridgehead atoms. The molecule has 1 aromatic carbocycles. The molecule has 0 radical (unpaired) electrons. The van der Waals surface area contributed by atoms with Crippen molar-refractivity contribution in [2.24, 2.45) is 0 Å². The average molecular weight is 601 g/mol. The molecule has 2 aromatic heterocycles. The standard InChI is InChI=1S/C28H30FN4O6PS/c29-25(40(37,38)39)17-4-7-23-18(12-17)13-24(41-23)26(34)31-21-3-1-2-20-5-6-22(33(20)27(21)35)28(36)32-14-19(15-32)16-8-10-30-11-9-16/h4,7-13,19-22,25H,1-3,5-6,14-15H2,(H,31,34)(H2,37,38,39)/t20-,21-,22-,25?/m0/s1. The molecule has 4 atom stereocenters. The summed E-state index contributed by atoms with van der Waals surface area (Å²) in [5.74, 6) is -2.93. The molecular formula is C28H30FN4O6PS. The average Bonchev–Trinajstić information content (AvgIpc) is 3.51. The number of nitrogens with zero attached hydrogens (tertiary/aromatic N) is 3. The molecule has 216 valence electrons. The number of nitrogens with one attached hydrogen (secondary N) is 1. The van der Waals surface area contributed by atoms with Gasteiger partial charge in [0, 0.05) is 42.1 Å². The molecule has 0 spiro atoms. The highest BCUT2D eigenvalue weighted by Gasteiger charge is 2.47. The number of carbonyl (C=O) groups excluding carboxylic acids is 3. The van der Waals surface area contributed by atoms with Crippen LogP contribution < -0.4 is 5.32 Å². The number of carbonyl (C=O) groups is 3. The molecule has 0 saturated carbocycles. The van der Waals surface area contributed by atoms with E-state index in [2.05, 4.69) is 10.3 Å². The lowest BCUT2D eigenvalue weighted by Gasteiger charge is -2.42. The summed E-state index contributed by atoms with van der Waals surface area (Å²) in [6.07, 6.45) is 6.83. The van der Waals surface area contributed by atoms with Gasteiger partial charge in [-0.1, -0.05) is 6.07 Å². The molecule has 41 heavy (non-hydrogen) atoms. The minimum absolute atomic E-state index is 0.0268. The molecule has 3 amide bonds. The summed E-state index contributed by atoms with van der Waals surface area (Å²) in [6, 6.07) is 8.25. The number of likely N-dealkylation sites (tertiary alicyclic amines) is 1. The van der Waals surface area contributed by atoms with E-state index < -0.39 is 31.5 Å². The van der Waals surface area contributed by atoms with E-state index in [0.29, 0.717) is 40.9 Å². The van der Waals surface area contributed by atoms with E-state index in [4.69, 9.17) is 0 Å². The highest BCUT2D eigenvalue weighted by molar-refractivity contribution is 7.51. The highest BCUT2D eigenvalue weighted by atomic mass is 32.1. The Hall–Kier alpha value is -3.18. The van der Waals surface area contributed by atoms with Crippen LogP contribution in [0.15, 0.2) is 48.8 Å². The van der Waals surface area contributed by atoms with Crippen LogP contribution in [0, 0.1) is 0 Å². The second kappa shape index (κ2) is 10.9. The van der Waals surface area contributed by atoms with Gasteiger partial charge in [0.1, 0.15) is 12.1 Å². The van der Waals surface area contributed by atoms with Crippen molar-refractivity contribution in [2.75, 3.05) is 13.1 Å². The topological polar surface area (TPSA) is 140 Å². The molecule has 10 nitrogen and oxygen atoms in total. The molecule has 3 saturated heterocycles. The number of hydrogen-bond acceptors (Lipinski definition) is 6. The van der Waals surface area contributed by atoms with Crippen LogP contribution in [0.5, 0.6) is 0 Å². The molecule has 13 heteroatoms. The monoisotopic (exact) mass is 600 g/mol. The molecule has 3 aromatic rings. The Labute approximate surface area is 239 Å². The van der Waals surface area contributed by atoms with Gasteiger partial charge in [-0.25, -0.2) is 4.39 Å². The first-order chi connectivity index (χ1) is 19.6. The minimum Gasteiger partial charge on any atom is -0.340 e. The minimum atomic E-state index is -4.96. The van der Waals surface area contributed by atoms with Gasteiger partial charge in [0.05, 0.1) is 4.88 Å². The molecular weight excluding hydrogens is 570 g/mol. The van der Waals surface area contributed by atoms with Crippen molar-refractivity contribution in [3.8, 4) is 0 Å². The number of pyridine rings is 1. The van der Waals surface area contributed by atoms with Crippen LogP contribution in [-0.4, -0.2) is 73.5 Å². The lowest BCUT2D eigenvalue weighted by molar-refractivity contribution is -0.148. The van der Waals surface area contributed by atoms with Crippen molar-refractivity contribution in [1.82, 2.24) is 20.1 Å². The summed E-state index contributed by atoms with van der Waals surface area (Å²) < 4.78 is 26.2. The van der Waals surface area contributed by atoms with Gasteiger partial charge >= 0.3 is 7.60 Å². The predicted molar refractivity (Wildman–Crippen MR) is 150 cm³/mol. The molecule has 1 unspecified atom stereocenters. The first-order valence-electron chi connectivity index (χ1n) is 13.6. The second-order valence-corrected chi connectivity index (χ2v) is 13.7. The van der Waals surface area contributed by atoms with Crippen LogP contribution in [0.25, 0.3) is 10.1 Å². The maximum absolute atomic E-state index is 14.2. The molecule has 3 aliphatic rings. The molecule has 3 fully saturated rings. The Morgan fingerprint density at radius 2 is 1.83 bits per heavy atom. The number of aromatic nitrogens is 1. The fourth-order valence-electron chi connectivity index (χ4n) is 6.20. The normalized spacial score (nSPS) is 24.1. The van der Waals surface area contributed by atoms with E-state index >= 15 is 0 Å². The number of fused-ring (bicyclic) bond motifs is 2. The fraction of sp³-hybridized carbons (Fsp3) is 0.429. The first kappa shape index (κ1) is 28.0. The highest BCUT2D eigenvalue weighted by Crippen LogP contribution is 2.53. The summed E-state index contributed by atoms with van der Waals surface area (Å²) in [5.41, 5.74) is 0.977. The number of thiophene rings is 1. The van der Waals surface area contributed by atoms with Gasteiger partial charge < -0.3 is 24.9 Å². The number of halogens is 1. The van der Waals surface area contributed by atoms with Gasteiger partial charge in [0.2, 0.25) is 17.7 Å². The van der Waals surface area contributed by atoms with Crippen LogP contribution in [0.1, 0.15) is 64.7 Å². The Morgan fingerprint density at radius 1 is 1.07 bits per heavy atom. The predicted octanol–water partition coefficient (Wildman–Crippen LogP) is 3.71. The van der Waals surface area contributed by atoms with Crippen LogP contribution in [0.2, 0.25) is 0 Å². The zero-order chi connectivity index (χ0) is 28.9. The van der Waals surface area contributed by atoms with Gasteiger partial charge in [-0.05, 0) is 78.9 Å². The Kier molecular flexibility index (Phi) is 7.44.